The summed E-state index contributed by atoms with van der Waals surface area (Å²) in [6, 6.07) is 3.13. The summed E-state index contributed by atoms with van der Waals surface area (Å²) < 4.78 is 0. The number of halogens is 2. The normalized spacial score (nSPS) is 16.6. The van der Waals surface area contributed by atoms with E-state index >= 15 is 0 Å². The van der Waals surface area contributed by atoms with Crippen molar-refractivity contribution in [3.63, 3.8) is 0 Å². The van der Waals surface area contributed by atoms with E-state index in [1.807, 2.05) is 0 Å². The number of anilines is 1. The van der Waals surface area contributed by atoms with Crippen LogP contribution in [0.5, 0.6) is 0 Å². The fourth-order valence-corrected chi connectivity index (χ4v) is 2.59. The third-order valence-corrected chi connectivity index (χ3v) is 3.92. The van der Waals surface area contributed by atoms with Crippen molar-refractivity contribution in [3.8, 4) is 0 Å². The van der Waals surface area contributed by atoms with Gasteiger partial charge in [0.2, 0.25) is 0 Å². The summed E-state index contributed by atoms with van der Waals surface area (Å²) in [5.74, 6) is 0. The van der Waals surface area contributed by atoms with Crippen LogP contribution < -0.4 is 5.32 Å². The highest BCUT2D eigenvalue weighted by Crippen LogP contribution is 2.35. The van der Waals surface area contributed by atoms with Crippen molar-refractivity contribution in [2.24, 2.45) is 0 Å². The van der Waals surface area contributed by atoms with Gasteiger partial charge in [-0.1, -0.05) is 42.5 Å². The van der Waals surface area contributed by atoms with Gasteiger partial charge in [-0.05, 0) is 18.9 Å². The van der Waals surface area contributed by atoms with Crippen LogP contribution in [0.15, 0.2) is 12.1 Å². The van der Waals surface area contributed by atoms with E-state index in [9.17, 15) is 10.1 Å². The minimum absolute atomic E-state index is 0.0185. The van der Waals surface area contributed by atoms with Gasteiger partial charge in [0.1, 0.15) is 5.69 Å². The van der Waals surface area contributed by atoms with Crippen molar-refractivity contribution >= 4 is 34.6 Å². The summed E-state index contributed by atoms with van der Waals surface area (Å²) >= 11 is 11.7. The molecule has 1 aromatic rings. The minimum Gasteiger partial charge on any atom is -0.377 e. The van der Waals surface area contributed by atoms with Gasteiger partial charge in [-0.15, -0.1) is 0 Å². The molecule has 0 bridgehead atoms. The zero-order chi connectivity index (χ0) is 13.1. The van der Waals surface area contributed by atoms with E-state index in [1.165, 1.54) is 18.6 Å². The predicted molar refractivity (Wildman–Crippen MR) is 73.6 cm³/mol. The zero-order valence-corrected chi connectivity index (χ0v) is 11.3. The summed E-state index contributed by atoms with van der Waals surface area (Å²) in [5.41, 5.74) is 0.441. The number of rotatable bonds is 3. The Hall–Kier alpha value is -1.00. The first kappa shape index (κ1) is 13.4. The highest BCUT2D eigenvalue weighted by atomic mass is 35.5. The molecule has 1 aliphatic rings. The smallest absolute Gasteiger partial charge is 0.293 e. The molecule has 98 valence electrons. The molecule has 0 amide bonds. The molecule has 1 saturated carbocycles. The van der Waals surface area contributed by atoms with E-state index in [0.29, 0.717) is 10.7 Å². The third-order valence-electron chi connectivity index (χ3n) is 3.20. The summed E-state index contributed by atoms with van der Waals surface area (Å²) in [7, 11) is 0. The monoisotopic (exact) mass is 288 g/mol. The van der Waals surface area contributed by atoms with Gasteiger partial charge in [0.25, 0.3) is 5.69 Å². The maximum atomic E-state index is 11.0. The van der Waals surface area contributed by atoms with Gasteiger partial charge in [-0.3, -0.25) is 10.1 Å². The molecule has 1 aliphatic carbocycles. The Kier molecular flexibility index (Phi) is 4.30. The molecule has 1 fully saturated rings. The molecule has 0 unspecified atom stereocenters. The van der Waals surface area contributed by atoms with Crippen LogP contribution in [0.25, 0.3) is 0 Å². The average Bonchev–Trinajstić information content (AvgIpc) is 2.34. The number of hydrogen-bond acceptors (Lipinski definition) is 3. The molecule has 4 nitrogen and oxygen atoms in total. The quantitative estimate of drug-likeness (QED) is 0.651. The second kappa shape index (κ2) is 5.76. The molecule has 1 N–H and O–H groups in total. The summed E-state index contributed by atoms with van der Waals surface area (Å²) in [6.45, 7) is 0. The lowest BCUT2D eigenvalue weighted by Crippen LogP contribution is -2.22. The van der Waals surface area contributed by atoms with E-state index in [4.69, 9.17) is 23.2 Å². The van der Waals surface area contributed by atoms with Crippen LogP contribution in [0.2, 0.25) is 10.0 Å². The van der Waals surface area contributed by atoms with Crippen LogP contribution in [-0.2, 0) is 0 Å². The lowest BCUT2D eigenvalue weighted by Gasteiger charge is -2.23. The second-order valence-electron chi connectivity index (χ2n) is 4.52. The van der Waals surface area contributed by atoms with E-state index in [2.05, 4.69) is 5.32 Å². The lowest BCUT2D eigenvalue weighted by atomic mass is 9.95. The first-order valence-corrected chi connectivity index (χ1v) is 6.73. The van der Waals surface area contributed by atoms with Crippen molar-refractivity contribution in [1.29, 1.82) is 0 Å². The molecule has 0 heterocycles. The van der Waals surface area contributed by atoms with Gasteiger partial charge in [-0.25, -0.2) is 0 Å². The van der Waals surface area contributed by atoms with Crippen molar-refractivity contribution in [1.82, 2.24) is 0 Å². The molecule has 1 aromatic carbocycles. The SMILES string of the molecule is O=[N+]([O-])c1cc(Cl)c(Cl)cc1NC1CCCCC1. The average molecular weight is 289 g/mol. The molecule has 0 atom stereocenters. The van der Waals surface area contributed by atoms with Crippen molar-refractivity contribution in [2.75, 3.05) is 5.32 Å². The highest BCUT2D eigenvalue weighted by molar-refractivity contribution is 6.42. The minimum atomic E-state index is -0.437. The number of nitrogens with zero attached hydrogens (tertiary/aromatic N) is 1. The Labute approximate surface area is 115 Å². The number of hydrogen-bond donors (Lipinski definition) is 1. The molecule has 0 aliphatic heterocycles. The van der Waals surface area contributed by atoms with E-state index < -0.39 is 4.92 Å². The second-order valence-corrected chi connectivity index (χ2v) is 5.33. The molecule has 0 spiro atoms. The van der Waals surface area contributed by atoms with Crippen molar-refractivity contribution in [2.45, 2.75) is 38.1 Å². The van der Waals surface area contributed by atoms with Gasteiger partial charge < -0.3 is 5.32 Å². The Morgan fingerprint density at radius 3 is 2.39 bits per heavy atom. The molecule has 0 saturated heterocycles. The van der Waals surface area contributed by atoms with Crippen LogP contribution >= 0.6 is 23.2 Å². The maximum Gasteiger partial charge on any atom is 0.293 e. The molecule has 0 radical (unpaired) electrons. The summed E-state index contributed by atoms with van der Waals surface area (Å²) in [6.07, 6.45) is 5.63. The van der Waals surface area contributed by atoms with Crippen LogP contribution in [-0.4, -0.2) is 11.0 Å². The van der Waals surface area contributed by atoms with Gasteiger partial charge >= 0.3 is 0 Å². The maximum absolute atomic E-state index is 11.0. The molecule has 0 aromatic heterocycles. The summed E-state index contributed by atoms with van der Waals surface area (Å²) in [4.78, 5) is 10.6. The van der Waals surface area contributed by atoms with Crippen LogP contribution in [0.4, 0.5) is 11.4 Å². The molecule has 18 heavy (non-hydrogen) atoms. The molecular formula is C12H14Cl2N2O2. The number of nitro groups is 1. The first-order chi connectivity index (χ1) is 8.58. The first-order valence-electron chi connectivity index (χ1n) is 5.98. The number of nitrogens with one attached hydrogen (secondary N) is 1. The predicted octanol–water partition coefficient (Wildman–Crippen LogP) is 4.65. The lowest BCUT2D eigenvalue weighted by molar-refractivity contribution is -0.384. The van der Waals surface area contributed by atoms with E-state index in [-0.39, 0.29) is 16.8 Å². The fraction of sp³-hybridized carbons (Fsp3) is 0.500. The van der Waals surface area contributed by atoms with Gasteiger partial charge in [-0.2, -0.15) is 0 Å². The largest absolute Gasteiger partial charge is 0.377 e. The van der Waals surface area contributed by atoms with Crippen LogP contribution in [0.1, 0.15) is 32.1 Å². The van der Waals surface area contributed by atoms with Gasteiger partial charge in [0.15, 0.2) is 0 Å². The topological polar surface area (TPSA) is 55.2 Å². The third kappa shape index (κ3) is 3.06. The molecule has 2 rings (SSSR count). The van der Waals surface area contributed by atoms with Crippen LogP contribution in [0, 0.1) is 10.1 Å². The Morgan fingerprint density at radius 2 is 1.78 bits per heavy atom. The van der Waals surface area contributed by atoms with E-state index in [1.54, 1.807) is 0 Å². The number of benzene rings is 1. The van der Waals surface area contributed by atoms with E-state index in [0.717, 1.165) is 25.7 Å². The van der Waals surface area contributed by atoms with Crippen molar-refractivity contribution in [3.05, 3.63) is 32.3 Å². The molecular weight excluding hydrogens is 275 g/mol. The molecule has 6 heteroatoms. The Morgan fingerprint density at radius 1 is 1.17 bits per heavy atom. The van der Waals surface area contributed by atoms with Crippen molar-refractivity contribution < 1.29 is 4.92 Å². The van der Waals surface area contributed by atoms with Gasteiger partial charge in [0, 0.05) is 12.1 Å². The zero-order valence-electron chi connectivity index (χ0n) is 9.79. The summed E-state index contributed by atoms with van der Waals surface area (Å²) in [5, 5.41) is 14.7. The highest BCUT2D eigenvalue weighted by Gasteiger charge is 2.20. The Balaban J connectivity index is 2.24. The fourth-order valence-electron chi connectivity index (χ4n) is 2.27. The number of nitro benzene ring substituents is 1. The Bertz CT molecular complexity index is 460. The standard InChI is InChI=1S/C12H14Cl2N2O2/c13-9-6-11(12(16(17)18)7-10(9)14)15-8-4-2-1-3-5-8/h6-8,15H,1-5H2. The van der Waals surface area contributed by atoms with Crippen LogP contribution in [0.3, 0.4) is 0 Å². The van der Waals surface area contributed by atoms with Gasteiger partial charge in [0.05, 0.1) is 15.0 Å².